The first kappa shape index (κ1) is 12.6. The van der Waals surface area contributed by atoms with Crippen LogP contribution in [-0.2, 0) is 16.1 Å². The zero-order valence-corrected chi connectivity index (χ0v) is 10.3. The van der Waals surface area contributed by atoms with Crippen LogP contribution in [0.15, 0.2) is 30.3 Å². The van der Waals surface area contributed by atoms with Crippen molar-refractivity contribution in [2.45, 2.75) is 12.6 Å². The fourth-order valence-corrected chi connectivity index (χ4v) is 1.89. The quantitative estimate of drug-likeness (QED) is 0.859. The minimum atomic E-state index is -0.440. The van der Waals surface area contributed by atoms with Crippen LogP contribution in [0.3, 0.4) is 0 Å². The van der Waals surface area contributed by atoms with Crippen LogP contribution < -0.4 is 5.32 Å². The van der Waals surface area contributed by atoms with Gasteiger partial charge in [0.2, 0.25) is 0 Å². The van der Waals surface area contributed by atoms with Crippen LogP contribution in [0.2, 0.25) is 0 Å². The van der Waals surface area contributed by atoms with Gasteiger partial charge in [-0.1, -0.05) is 30.3 Å². The minimum absolute atomic E-state index is 0.0224. The number of carbonyl (C=O) groups excluding carboxylic acids is 2. The van der Waals surface area contributed by atoms with Gasteiger partial charge in [-0.3, -0.25) is 9.69 Å². The molecule has 5 nitrogen and oxygen atoms in total. The number of Topliss-reactive ketones (excluding diaryl/α,β-unsaturated/α-hetero) is 1. The number of carbonyl (C=O) groups is 2. The molecular formula is C13H16N2O3. The van der Waals surface area contributed by atoms with Crippen molar-refractivity contribution in [2.24, 2.45) is 0 Å². The van der Waals surface area contributed by atoms with Gasteiger partial charge in [0.25, 0.3) is 0 Å². The van der Waals surface area contributed by atoms with Crippen LogP contribution in [-0.4, -0.2) is 43.0 Å². The Bertz CT molecular complexity index is 433. The van der Waals surface area contributed by atoms with E-state index in [4.69, 9.17) is 4.74 Å². The summed E-state index contributed by atoms with van der Waals surface area (Å²) >= 11 is 0. The molecule has 1 saturated heterocycles. The van der Waals surface area contributed by atoms with Gasteiger partial charge in [-0.25, -0.2) is 4.79 Å². The maximum Gasteiger partial charge on any atom is 0.410 e. The summed E-state index contributed by atoms with van der Waals surface area (Å²) in [5.41, 5.74) is 0.932. The zero-order chi connectivity index (χ0) is 13.0. The Morgan fingerprint density at radius 2 is 2.17 bits per heavy atom. The Balaban J connectivity index is 1.84. The molecule has 1 aromatic carbocycles. The van der Waals surface area contributed by atoms with Crippen molar-refractivity contribution in [3.05, 3.63) is 35.9 Å². The van der Waals surface area contributed by atoms with Crippen LogP contribution in [0.25, 0.3) is 0 Å². The van der Waals surface area contributed by atoms with Gasteiger partial charge in [0.1, 0.15) is 6.61 Å². The summed E-state index contributed by atoms with van der Waals surface area (Å²) in [7, 11) is 1.71. The van der Waals surface area contributed by atoms with Gasteiger partial charge in [0.05, 0.1) is 12.6 Å². The fourth-order valence-electron chi connectivity index (χ4n) is 1.89. The molecule has 18 heavy (non-hydrogen) atoms. The standard InChI is InChI=1S/C13H16N2O3/c1-14-11-7-15(8-12(11)16)13(17)18-9-10-5-3-2-4-6-10/h2-6,11,14H,7-9H2,1H3. The molecule has 1 unspecified atom stereocenters. The number of ether oxygens (including phenoxy) is 1. The number of amides is 1. The highest BCUT2D eigenvalue weighted by atomic mass is 16.6. The molecule has 0 spiro atoms. The van der Waals surface area contributed by atoms with E-state index in [2.05, 4.69) is 5.32 Å². The molecule has 0 aliphatic carbocycles. The van der Waals surface area contributed by atoms with Crippen molar-refractivity contribution >= 4 is 11.9 Å². The SMILES string of the molecule is CNC1CN(C(=O)OCc2ccccc2)CC1=O. The lowest BCUT2D eigenvalue weighted by Crippen LogP contribution is -2.35. The Kier molecular flexibility index (Phi) is 3.94. The van der Waals surface area contributed by atoms with E-state index in [9.17, 15) is 9.59 Å². The molecule has 1 aromatic rings. The second-order valence-corrected chi connectivity index (χ2v) is 4.23. The molecule has 5 heteroatoms. The Morgan fingerprint density at radius 3 is 2.78 bits per heavy atom. The van der Waals surface area contributed by atoms with E-state index in [1.54, 1.807) is 7.05 Å². The third-order valence-corrected chi connectivity index (χ3v) is 2.95. The molecule has 1 atom stereocenters. The number of likely N-dealkylation sites (tertiary alicyclic amines) is 1. The molecule has 0 radical (unpaired) electrons. The monoisotopic (exact) mass is 248 g/mol. The normalized spacial score (nSPS) is 19.1. The first-order valence-corrected chi connectivity index (χ1v) is 5.86. The highest BCUT2D eigenvalue weighted by molar-refractivity contribution is 5.91. The minimum Gasteiger partial charge on any atom is -0.445 e. The van der Waals surface area contributed by atoms with Crippen molar-refractivity contribution in [3.8, 4) is 0 Å². The summed E-state index contributed by atoms with van der Waals surface area (Å²) in [5.74, 6) is 0.0224. The van der Waals surface area contributed by atoms with Crippen LogP contribution in [0.5, 0.6) is 0 Å². The Labute approximate surface area is 106 Å². The molecule has 1 amide bonds. The van der Waals surface area contributed by atoms with Crippen molar-refractivity contribution in [1.29, 1.82) is 0 Å². The summed E-state index contributed by atoms with van der Waals surface area (Å²) in [6.07, 6.45) is -0.440. The third kappa shape index (κ3) is 2.87. The van der Waals surface area contributed by atoms with E-state index in [1.165, 1.54) is 4.90 Å². The number of rotatable bonds is 3. The predicted molar refractivity (Wildman–Crippen MR) is 66.1 cm³/mol. The van der Waals surface area contributed by atoms with E-state index >= 15 is 0 Å². The fraction of sp³-hybridized carbons (Fsp3) is 0.385. The first-order chi connectivity index (χ1) is 8.70. The lowest BCUT2D eigenvalue weighted by Gasteiger charge is -2.15. The highest BCUT2D eigenvalue weighted by Crippen LogP contribution is 2.09. The number of nitrogens with one attached hydrogen (secondary N) is 1. The van der Waals surface area contributed by atoms with Crippen molar-refractivity contribution < 1.29 is 14.3 Å². The summed E-state index contributed by atoms with van der Waals surface area (Å²) in [6, 6.07) is 9.19. The third-order valence-electron chi connectivity index (χ3n) is 2.95. The van der Waals surface area contributed by atoms with Crippen molar-refractivity contribution in [3.63, 3.8) is 0 Å². The smallest absolute Gasteiger partial charge is 0.410 e. The average molecular weight is 248 g/mol. The van der Waals surface area contributed by atoms with Gasteiger partial charge in [0, 0.05) is 6.54 Å². The molecule has 0 aromatic heterocycles. The lowest BCUT2D eigenvalue weighted by molar-refractivity contribution is -0.118. The summed E-state index contributed by atoms with van der Waals surface area (Å²) < 4.78 is 5.16. The van der Waals surface area contributed by atoms with Crippen LogP contribution in [0, 0.1) is 0 Å². The molecule has 1 aliphatic rings. The second kappa shape index (κ2) is 5.64. The van der Waals surface area contributed by atoms with Crippen molar-refractivity contribution in [2.75, 3.05) is 20.1 Å². The first-order valence-electron chi connectivity index (χ1n) is 5.86. The van der Waals surface area contributed by atoms with Crippen LogP contribution >= 0.6 is 0 Å². The summed E-state index contributed by atoms with van der Waals surface area (Å²) in [5, 5.41) is 2.87. The molecule has 1 aliphatic heterocycles. The number of nitrogens with zero attached hydrogens (tertiary/aromatic N) is 1. The molecule has 0 bridgehead atoms. The van der Waals surface area contributed by atoms with Gasteiger partial charge in [-0.15, -0.1) is 0 Å². The van der Waals surface area contributed by atoms with E-state index in [1.807, 2.05) is 30.3 Å². The molecule has 0 saturated carbocycles. The van der Waals surface area contributed by atoms with Gasteiger partial charge >= 0.3 is 6.09 Å². The molecule has 96 valence electrons. The largest absolute Gasteiger partial charge is 0.445 e. The molecule has 1 fully saturated rings. The topological polar surface area (TPSA) is 58.6 Å². The molecular weight excluding hydrogens is 232 g/mol. The van der Waals surface area contributed by atoms with Crippen LogP contribution in [0.4, 0.5) is 4.79 Å². The van der Waals surface area contributed by atoms with E-state index < -0.39 is 6.09 Å². The zero-order valence-electron chi connectivity index (χ0n) is 10.3. The summed E-state index contributed by atoms with van der Waals surface area (Å²) in [4.78, 5) is 24.7. The van der Waals surface area contributed by atoms with E-state index in [-0.39, 0.29) is 25.0 Å². The van der Waals surface area contributed by atoms with Crippen LogP contribution in [0.1, 0.15) is 5.56 Å². The maximum absolute atomic E-state index is 11.7. The summed E-state index contributed by atoms with van der Waals surface area (Å²) in [6.45, 7) is 0.733. The second-order valence-electron chi connectivity index (χ2n) is 4.23. The van der Waals surface area contributed by atoms with Crippen molar-refractivity contribution in [1.82, 2.24) is 10.2 Å². The number of ketones is 1. The van der Waals surface area contributed by atoms with Gasteiger partial charge in [-0.2, -0.15) is 0 Å². The highest BCUT2D eigenvalue weighted by Gasteiger charge is 2.33. The Hall–Kier alpha value is -1.88. The van der Waals surface area contributed by atoms with Gasteiger partial charge < -0.3 is 10.1 Å². The molecule has 1 heterocycles. The molecule has 2 rings (SSSR count). The molecule has 1 N–H and O–H groups in total. The lowest BCUT2D eigenvalue weighted by atomic mass is 10.2. The number of hydrogen-bond donors (Lipinski definition) is 1. The van der Waals surface area contributed by atoms with Gasteiger partial charge in [0.15, 0.2) is 5.78 Å². The van der Waals surface area contributed by atoms with E-state index in [0.29, 0.717) is 6.54 Å². The Morgan fingerprint density at radius 1 is 1.44 bits per heavy atom. The number of hydrogen-bond acceptors (Lipinski definition) is 4. The van der Waals surface area contributed by atoms with E-state index in [0.717, 1.165) is 5.56 Å². The number of benzene rings is 1. The predicted octanol–water partition coefficient (Wildman–Crippen LogP) is 0.796. The maximum atomic E-state index is 11.7. The van der Waals surface area contributed by atoms with Gasteiger partial charge in [-0.05, 0) is 12.6 Å². The average Bonchev–Trinajstić information content (AvgIpc) is 2.78. The number of likely N-dealkylation sites (N-methyl/N-ethyl adjacent to an activating group) is 1.